The van der Waals surface area contributed by atoms with Crippen molar-refractivity contribution in [3.8, 4) is 0 Å². The fourth-order valence-corrected chi connectivity index (χ4v) is 3.80. The number of nitrogens with two attached hydrogens (primary N) is 1. The molecular formula is C21H22F6NO+. The van der Waals surface area contributed by atoms with Gasteiger partial charge in [-0.25, -0.2) is 0 Å². The molecule has 1 saturated heterocycles. The lowest BCUT2D eigenvalue weighted by Crippen LogP contribution is -2.90. The van der Waals surface area contributed by atoms with Crippen LogP contribution in [0.1, 0.15) is 35.1 Å². The van der Waals surface area contributed by atoms with Crippen LogP contribution in [-0.4, -0.2) is 19.7 Å². The Morgan fingerprint density at radius 2 is 1.52 bits per heavy atom. The standard InChI is InChI=1S/C21H21F6NO/c22-20(23,24)17-9-15(10-18(11-17)21(25,26)27)12-29-14-19(7-4-8-28-13-19)16-5-2-1-3-6-16/h1-3,5-6,9-11,28H,4,7-8,12-14H2/p+1. The number of rotatable bonds is 5. The van der Waals surface area contributed by atoms with Crippen molar-refractivity contribution >= 4 is 0 Å². The van der Waals surface area contributed by atoms with E-state index in [1.54, 1.807) is 0 Å². The second kappa shape index (κ2) is 8.36. The van der Waals surface area contributed by atoms with Crippen LogP contribution in [0.25, 0.3) is 0 Å². The Morgan fingerprint density at radius 1 is 0.897 bits per heavy atom. The van der Waals surface area contributed by atoms with Gasteiger partial charge in [0, 0.05) is 0 Å². The van der Waals surface area contributed by atoms with Crippen LogP contribution in [0.4, 0.5) is 26.3 Å². The second-order valence-electron chi connectivity index (χ2n) is 7.44. The van der Waals surface area contributed by atoms with Gasteiger partial charge in [-0.05, 0) is 42.2 Å². The molecule has 0 aromatic heterocycles. The van der Waals surface area contributed by atoms with E-state index < -0.39 is 23.5 Å². The summed E-state index contributed by atoms with van der Waals surface area (Å²) in [6, 6.07) is 11.2. The largest absolute Gasteiger partial charge is 0.416 e. The van der Waals surface area contributed by atoms with Crippen molar-refractivity contribution in [3.05, 3.63) is 70.8 Å². The summed E-state index contributed by atoms with van der Waals surface area (Å²) in [4.78, 5) is 0. The molecule has 3 rings (SSSR count). The zero-order chi connectivity index (χ0) is 21.1. The van der Waals surface area contributed by atoms with Crippen LogP contribution in [0.3, 0.4) is 0 Å². The predicted octanol–water partition coefficient (Wildman–Crippen LogP) is 4.54. The Kier molecular flexibility index (Phi) is 6.24. The van der Waals surface area contributed by atoms with Gasteiger partial charge >= 0.3 is 12.4 Å². The molecule has 2 aromatic rings. The number of benzene rings is 2. The van der Waals surface area contributed by atoms with Crippen LogP contribution < -0.4 is 5.32 Å². The lowest BCUT2D eigenvalue weighted by Gasteiger charge is -2.35. The highest BCUT2D eigenvalue weighted by Gasteiger charge is 2.38. The van der Waals surface area contributed by atoms with E-state index in [9.17, 15) is 26.3 Å². The second-order valence-corrected chi connectivity index (χ2v) is 7.44. The van der Waals surface area contributed by atoms with Crippen LogP contribution in [0, 0.1) is 0 Å². The fraction of sp³-hybridized carbons (Fsp3) is 0.429. The Morgan fingerprint density at radius 3 is 2.03 bits per heavy atom. The first kappa shape index (κ1) is 21.6. The minimum Gasteiger partial charge on any atom is -0.376 e. The topological polar surface area (TPSA) is 25.8 Å². The molecule has 1 aliphatic rings. The smallest absolute Gasteiger partial charge is 0.376 e. The number of piperidine rings is 1. The molecule has 158 valence electrons. The Bertz CT molecular complexity index is 778. The molecule has 0 saturated carbocycles. The van der Waals surface area contributed by atoms with E-state index in [1.807, 2.05) is 30.3 Å². The maximum Gasteiger partial charge on any atom is 0.416 e. The average Bonchev–Trinajstić information content (AvgIpc) is 2.68. The van der Waals surface area contributed by atoms with Crippen molar-refractivity contribution in [2.45, 2.75) is 37.2 Å². The molecule has 0 aliphatic carbocycles. The number of ether oxygens (including phenoxy) is 1. The summed E-state index contributed by atoms with van der Waals surface area (Å²) in [7, 11) is 0. The summed E-state index contributed by atoms with van der Waals surface area (Å²) >= 11 is 0. The molecule has 1 heterocycles. The highest BCUT2D eigenvalue weighted by atomic mass is 19.4. The number of halogens is 6. The van der Waals surface area contributed by atoms with E-state index in [2.05, 4.69) is 5.32 Å². The van der Waals surface area contributed by atoms with Crippen LogP contribution in [-0.2, 0) is 29.1 Å². The SMILES string of the molecule is FC(F)(F)c1cc(COCC2(c3ccccc3)CCC[NH2+]C2)cc(C(F)(F)F)c1. The van der Waals surface area contributed by atoms with Gasteiger partial charge in [0.05, 0.1) is 42.8 Å². The van der Waals surface area contributed by atoms with E-state index >= 15 is 0 Å². The van der Waals surface area contributed by atoms with Crippen molar-refractivity contribution in [3.63, 3.8) is 0 Å². The van der Waals surface area contributed by atoms with Gasteiger partial charge in [0.15, 0.2) is 0 Å². The molecular weight excluding hydrogens is 396 g/mol. The van der Waals surface area contributed by atoms with Crippen LogP contribution in [0.2, 0.25) is 0 Å². The Hall–Kier alpha value is -2.06. The van der Waals surface area contributed by atoms with Gasteiger partial charge in [-0.2, -0.15) is 26.3 Å². The van der Waals surface area contributed by atoms with Gasteiger partial charge < -0.3 is 10.1 Å². The fourth-order valence-electron chi connectivity index (χ4n) is 3.80. The first-order chi connectivity index (χ1) is 13.6. The quantitative estimate of drug-likeness (QED) is 0.710. The number of alkyl halides is 6. The molecule has 2 nitrogen and oxygen atoms in total. The lowest BCUT2D eigenvalue weighted by atomic mass is 9.75. The third kappa shape index (κ3) is 5.30. The molecule has 0 spiro atoms. The summed E-state index contributed by atoms with van der Waals surface area (Å²) in [5, 5.41) is 2.16. The maximum absolute atomic E-state index is 13.0. The van der Waals surface area contributed by atoms with Gasteiger partial charge in [0.1, 0.15) is 0 Å². The van der Waals surface area contributed by atoms with Crippen molar-refractivity contribution in [2.75, 3.05) is 19.7 Å². The molecule has 0 bridgehead atoms. The number of quaternary nitrogens is 1. The van der Waals surface area contributed by atoms with Gasteiger partial charge in [-0.1, -0.05) is 30.3 Å². The van der Waals surface area contributed by atoms with Gasteiger partial charge in [0.2, 0.25) is 0 Å². The highest BCUT2D eigenvalue weighted by molar-refractivity contribution is 5.33. The van der Waals surface area contributed by atoms with E-state index in [4.69, 9.17) is 4.74 Å². The van der Waals surface area contributed by atoms with E-state index in [1.165, 1.54) is 0 Å². The molecule has 1 atom stereocenters. The number of hydrogen-bond donors (Lipinski definition) is 1. The van der Waals surface area contributed by atoms with Crippen molar-refractivity contribution in [2.24, 2.45) is 0 Å². The predicted molar refractivity (Wildman–Crippen MR) is 95.1 cm³/mol. The van der Waals surface area contributed by atoms with Crippen molar-refractivity contribution in [1.82, 2.24) is 0 Å². The molecule has 2 N–H and O–H groups in total. The minimum absolute atomic E-state index is 0.130. The molecule has 2 aromatic carbocycles. The summed E-state index contributed by atoms with van der Waals surface area (Å²) in [5.41, 5.74) is -2.04. The molecule has 1 fully saturated rings. The third-order valence-corrected chi connectivity index (χ3v) is 5.28. The number of hydrogen-bond acceptors (Lipinski definition) is 1. The van der Waals surface area contributed by atoms with Crippen LogP contribution in [0.5, 0.6) is 0 Å². The Balaban J connectivity index is 1.79. The van der Waals surface area contributed by atoms with Crippen LogP contribution >= 0.6 is 0 Å². The summed E-state index contributed by atoms with van der Waals surface area (Å²) in [6.07, 6.45) is -7.91. The van der Waals surface area contributed by atoms with E-state index in [0.717, 1.165) is 43.6 Å². The summed E-state index contributed by atoms with van der Waals surface area (Å²) in [5.74, 6) is 0. The van der Waals surface area contributed by atoms with E-state index in [-0.39, 0.29) is 30.3 Å². The van der Waals surface area contributed by atoms with Crippen molar-refractivity contribution < 1.29 is 36.4 Å². The summed E-state index contributed by atoms with van der Waals surface area (Å²) in [6.45, 7) is 1.65. The van der Waals surface area contributed by atoms with Gasteiger partial charge in [-0.3, -0.25) is 0 Å². The third-order valence-electron chi connectivity index (χ3n) is 5.28. The monoisotopic (exact) mass is 418 g/mol. The lowest BCUT2D eigenvalue weighted by molar-refractivity contribution is -0.671. The zero-order valence-corrected chi connectivity index (χ0v) is 15.6. The molecule has 29 heavy (non-hydrogen) atoms. The first-order valence-corrected chi connectivity index (χ1v) is 9.33. The maximum atomic E-state index is 13.0. The first-order valence-electron chi connectivity index (χ1n) is 9.33. The Labute approximate surface area is 164 Å². The molecule has 1 aliphatic heterocycles. The average molecular weight is 418 g/mol. The molecule has 0 radical (unpaired) electrons. The molecule has 0 amide bonds. The highest BCUT2D eigenvalue weighted by Crippen LogP contribution is 2.37. The zero-order valence-electron chi connectivity index (χ0n) is 15.6. The normalized spacial score (nSPS) is 20.6. The van der Waals surface area contributed by atoms with Gasteiger partial charge in [-0.15, -0.1) is 0 Å². The van der Waals surface area contributed by atoms with Crippen molar-refractivity contribution in [1.29, 1.82) is 0 Å². The van der Waals surface area contributed by atoms with Crippen LogP contribution in [0.15, 0.2) is 48.5 Å². The molecule has 1 unspecified atom stereocenters. The van der Waals surface area contributed by atoms with E-state index in [0.29, 0.717) is 0 Å². The molecule has 8 heteroatoms. The minimum atomic E-state index is -4.86. The summed E-state index contributed by atoms with van der Waals surface area (Å²) < 4.78 is 83.8. The van der Waals surface area contributed by atoms with Gasteiger partial charge in [0.25, 0.3) is 0 Å².